The molecule has 0 spiro atoms. The number of aromatic nitrogens is 2. The van der Waals surface area contributed by atoms with Crippen molar-refractivity contribution in [3.05, 3.63) is 28.2 Å². The average molecular weight is 343 g/mol. The van der Waals surface area contributed by atoms with E-state index in [1.54, 1.807) is 18.2 Å². The highest BCUT2D eigenvalue weighted by Crippen LogP contribution is 2.38. The molecule has 112 valence electrons. The molecule has 0 aliphatic heterocycles. The lowest BCUT2D eigenvalue weighted by atomic mass is 10.0. The zero-order chi connectivity index (χ0) is 15.4. The lowest BCUT2D eigenvalue weighted by Gasteiger charge is -2.11. The summed E-state index contributed by atoms with van der Waals surface area (Å²) in [6.07, 6.45) is 1.87. The maximum atomic E-state index is 6.22. The van der Waals surface area contributed by atoms with Gasteiger partial charge in [-0.05, 0) is 25.0 Å². The number of nitrogens with zero attached hydrogens (tertiary/aromatic N) is 3. The lowest BCUT2D eigenvalue weighted by Crippen LogP contribution is -2.22. The van der Waals surface area contributed by atoms with E-state index >= 15 is 0 Å². The Morgan fingerprint density at radius 3 is 2.43 bits per heavy atom. The number of benzene rings is 1. The van der Waals surface area contributed by atoms with E-state index in [4.69, 9.17) is 28.9 Å². The van der Waals surface area contributed by atoms with Crippen molar-refractivity contribution < 1.29 is 0 Å². The zero-order valence-electron chi connectivity index (χ0n) is 11.8. The minimum Gasteiger partial charge on any atom is -0.387 e. The molecule has 1 heterocycles. The van der Waals surface area contributed by atoms with Crippen LogP contribution >= 0.6 is 34.9 Å². The summed E-state index contributed by atoms with van der Waals surface area (Å²) in [7, 11) is 0. The summed E-state index contributed by atoms with van der Waals surface area (Å²) < 4.78 is 8.48. The number of halogens is 2. The average Bonchev–Trinajstić information content (AvgIpc) is 2.88. The number of amidine groups is 1. The summed E-state index contributed by atoms with van der Waals surface area (Å²) in [4.78, 5) is 4.43. The minimum atomic E-state index is 0.237. The summed E-state index contributed by atoms with van der Waals surface area (Å²) in [5.74, 6) is 1.28. The monoisotopic (exact) mass is 342 g/mol. The van der Waals surface area contributed by atoms with Crippen LogP contribution in [0.15, 0.2) is 23.2 Å². The molecule has 0 saturated carbocycles. The summed E-state index contributed by atoms with van der Waals surface area (Å²) in [5, 5.41) is 1.04. The lowest BCUT2D eigenvalue weighted by molar-refractivity contribution is 0.637. The molecule has 0 amide bonds. The summed E-state index contributed by atoms with van der Waals surface area (Å²) >= 11 is 13.5. The second-order valence-electron chi connectivity index (χ2n) is 4.58. The Labute approximate surface area is 138 Å². The van der Waals surface area contributed by atoms with Crippen LogP contribution in [0.25, 0.3) is 11.3 Å². The largest absolute Gasteiger partial charge is 0.387 e. The predicted octanol–water partition coefficient (Wildman–Crippen LogP) is 4.94. The Morgan fingerprint density at radius 2 is 1.86 bits per heavy atom. The van der Waals surface area contributed by atoms with E-state index in [1.807, 2.05) is 0 Å². The highest BCUT2D eigenvalue weighted by molar-refractivity contribution is 6.99. The molecule has 2 rings (SSSR count). The van der Waals surface area contributed by atoms with Crippen LogP contribution in [0.3, 0.4) is 0 Å². The van der Waals surface area contributed by atoms with Crippen molar-refractivity contribution in [2.45, 2.75) is 26.7 Å². The molecule has 0 saturated heterocycles. The van der Waals surface area contributed by atoms with Gasteiger partial charge in [0.1, 0.15) is 11.5 Å². The summed E-state index contributed by atoms with van der Waals surface area (Å²) in [6, 6.07) is 5.31. The van der Waals surface area contributed by atoms with Gasteiger partial charge in [0, 0.05) is 11.5 Å². The van der Waals surface area contributed by atoms with E-state index in [0.717, 1.165) is 24.6 Å². The molecule has 0 radical (unpaired) electrons. The fourth-order valence-corrected chi connectivity index (χ4v) is 3.14. The third kappa shape index (κ3) is 3.54. The van der Waals surface area contributed by atoms with Gasteiger partial charge in [0.25, 0.3) is 0 Å². The summed E-state index contributed by atoms with van der Waals surface area (Å²) in [6.45, 7) is 4.17. The molecule has 7 heteroatoms. The molecular weight excluding hydrogens is 327 g/mol. The van der Waals surface area contributed by atoms with Gasteiger partial charge in [0.2, 0.25) is 0 Å². The van der Waals surface area contributed by atoms with Crippen LogP contribution in [0, 0.1) is 5.92 Å². The molecule has 2 aromatic rings. The maximum absolute atomic E-state index is 6.22. The molecule has 2 N–H and O–H groups in total. The van der Waals surface area contributed by atoms with Crippen molar-refractivity contribution in [3.63, 3.8) is 0 Å². The van der Waals surface area contributed by atoms with E-state index in [9.17, 15) is 0 Å². The smallest absolute Gasteiger partial charge is 0.195 e. The van der Waals surface area contributed by atoms with E-state index in [2.05, 4.69) is 27.6 Å². The first-order valence-corrected chi connectivity index (χ1v) is 8.18. The van der Waals surface area contributed by atoms with Crippen LogP contribution in [0.4, 0.5) is 5.82 Å². The number of nitrogens with two attached hydrogens (primary N) is 1. The summed E-state index contributed by atoms with van der Waals surface area (Å²) in [5.41, 5.74) is 7.29. The third-order valence-electron chi connectivity index (χ3n) is 3.31. The SMILES string of the molecule is CCC(CC)C(N)=Nc1nsnc1-c1c(Cl)cccc1Cl. The second kappa shape index (κ2) is 7.20. The van der Waals surface area contributed by atoms with Crippen LogP contribution < -0.4 is 5.73 Å². The fraction of sp³-hybridized carbons (Fsp3) is 0.357. The van der Waals surface area contributed by atoms with Crippen molar-refractivity contribution in [1.82, 2.24) is 8.75 Å². The number of hydrogen-bond acceptors (Lipinski definition) is 4. The van der Waals surface area contributed by atoms with Gasteiger partial charge in [-0.15, -0.1) is 0 Å². The Kier molecular flexibility index (Phi) is 5.56. The van der Waals surface area contributed by atoms with Gasteiger partial charge in [-0.1, -0.05) is 43.1 Å². The van der Waals surface area contributed by atoms with E-state index in [1.165, 1.54) is 0 Å². The Balaban J connectivity index is 2.47. The molecule has 0 aliphatic carbocycles. The third-order valence-corrected chi connectivity index (χ3v) is 4.46. The normalized spacial score (nSPS) is 12.1. The van der Waals surface area contributed by atoms with Gasteiger partial charge < -0.3 is 5.73 Å². The molecule has 0 unspecified atom stereocenters. The number of hydrogen-bond donors (Lipinski definition) is 1. The first-order valence-electron chi connectivity index (χ1n) is 6.69. The van der Waals surface area contributed by atoms with Crippen molar-refractivity contribution in [2.24, 2.45) is 16.6 Å². The van der Waals surface area contributed by atoms with Gasteiger partial charge in [-0.2, -0.15) is 8.75 Å². The molecule has 1 aromatic heterocycles. The van der Waals surface area contributed by atoms with E-state index in [0.29, 0.717) is 33.0 Å². The highest BCUT2D eigenvalue weighted by Gasteiger charge is 2.18. The molecule has 0 atom stereocenters. The van der Waals surface area contributed by atoms with E-state index in [-0.39, 0.29) is 5.92 Å². The fourth-order valence-electron chi connectivity index (χ4n) is 2.06. The second-order valence-corrected chi connectivity index (χ2v) is 5.93. The Bertz CT molecular complexity index is 630. The standard InChI is InChI=1S/C14H16Cl2N4S/c1-3-8(4-2)13(17)18-14-12(19-21-20-14)11-9(15)6-5-7-10(11)16/h5-8H,3-4H2,1-2H3,(H2,17,18,20). The van der Waals surface area contributed by atoms with Gasteiger partial charge >= 0.3 is 0 Å². The van der Waals surface area contributed by atoms with Crippen molar-refractivity contribution in [1.29, 1.82) is 0 Å². The number of aliphatic imine (C=N–C) groups is 1. The number of rotatable bonds is 5. The topological polar surface area (TPSA) is 64.2 Å². The van der Waals surface area contributed by atoms with Crippen LogP contribution in [-0.2, 0) is 0 Å². The molecule has 0 fully saturated rings. The molecular formula is C14H16Cl2N4S. The zero-order valence-corrected chi connectivity index (χ0v) is 14.1. The van der Waals surface area contributed by atoms with E-state index < -0.39 is 0 Å². The molecule has 0 bridgehead atoms. The minimum absolute atomic E-state index is 0.237. The highest BCUT2D eigenvalue weighted by atomic mass is 35.5. The molecule has 1 aromatic carbocycles. The van der Waals surface area contributed by atoms with Gasteiger partial charge in [-0.3, -0.25) is 0 Å². The van der Waals surface area contributed by atoms with Crippen molar-refractivity contribution >= 4 is 46.6 Å². The van der Waals surface area contributed by atoms with Gasteiger partial charge in [0.15, 0.2) is 5.82 Å². The first-order chi connectivity index (χ1) is 10.1. The maximum Gasteiger partial charge on any atom is 0.195 e. The van der Waals surface area contributed by atoms with Crippen molar-refractivity contribution in [3.8, 4) is 11.3 Å². The first kappa shape index (κ1) is 16.2. The molecule has 4 nitrogen and oxygen atoms in total. The molecule has 0 aliphatic rings. The quantitative estimate of drug-likeness (QED) is 0.618. The van der Waals surface area contributed by atoms with Crippen LogP contribution in [0.1, 0.15) is 26.7 Å². The van der Waals surface area contributed by atoms with Crippen LogP contribution in [0.2, 0.25) is 10.0 Å². The Hall–Kier alpha value is -1.17. The van der Waals surface area contributed by atoms with Crippen LogP contribution in [0.5, 0.6) is 0 Å². The predicted molar refractivity (Wildman–Crippen MR) is 90.7 cm³/mol. The van der Waals surface area contributed by atoms with Gasteiger partial charge in [0.05, 0.1) is 21.8 Å². The molecule has 21 heavy (non-hydrogen) atoms. The Morgan fingerprint density at radius 1 is 1.24 bits per heavy atom. The van der Waals surface area contributed by atoms with Crippen LogP contribution in [-0.4, -0.2) is 14.6 Å². The van der Waals surface area contributed by atoms with Crippen molar-refractivity contribution in [2.75, 3.05) is 0 Å². The van der Waals surface area contributed by atoms with Gasteiger partial charge in [-0.25, -0.2) is 4.99 Å².